The summed E-state index contributed by atoms with van der Waals surface area (Å²) < 4.78 is 2.01. The molecule has 0 saturated heterocycles. The number of aryl methyl sites for hydroxylation is 1. The molecule has 0 aliphatic rings. The number of imidazole rings is 1. The number of carbonyl (C=O) groups excluding carboxylic acids is 1. The van der Waals surface area contributed by atoms with Crippen molar-refractivity contribution in [2.24, 2.45) is 0 Å². The summed E-state index contributed by atoms with van der Waals surface area (Å²) in [6.07, 6.45) is 3.65. The Hall–Kier alpha value is -3.48. The summed E-state index contributed by atoms with van der Waals surface area (Å²) in [7, 11) is 0. The minimum absolute atomic E-state index is 0.0659. The van der Waals surface area contributed by atoms with Crippen LogP contribution in [0.5, 0.6) is 0 Å². The molecule has 0 unspecified atom stereocenters. The fraction of sp³-hybridized carbons (Fsp3) is 0.111. The van der Waals surface area contributed by atoms with Crippen molar-refractivity contribution in [2.75, 3.05) is 5.32 Å². The van der Waals surface area contributed by atoms with Crippen LogP contribution in [0.25, 0.3) is 0 Å². The standard InChI is InChI=1S/C18H16N4O3/c1-13-19-9-10-21(13)12-14-5-7-15(8-6-14)18(23)20-16-3-2-4-17(11-16)22(24)25/h2-11H,12H2,1H3,(H,20,23). The van der Waals surface area contributed by atoms with Gasteiger partial charge >= 0.3 is 0 Å². The summed E-state index contributed by atoms with van der Waals surface area (Å²) in [6, 6.07) is 13.1. The van der Waals surface area contributed by atoms with Crippen LogP contribution in [0.15, 0.2) is 60.9 Å². The van der Waals surface area contributed by atoms with Gasteiger partial charge in [0.05, 0.1) is 4.92 Å². The van der Waals surface area contributed by atoms with Crippen molar-refractivity contribution in [3.63, 3.8) is 0 Å². The zero-order valence-corrected chi connectivity index (χ0v) is 13.5. The van der Waals surface area contributed by atoms with Gasteiger partial charge in [-0.2, -0.15) is 0 Å². The van der Waals surface area contributed by atoms with Crippen molar-refractivity contribution in [1.29, 1.82) is 0 Å². The van der Waals surface area contributed by atoms with Crippen molar-refractivity contribution in [1.82, 2.24) is 9.55 Å². The molecule has 0 aliphatic heterocycles. The molecular formula is C18H16N4O3. The largest absolute Gasteiger partial charge is 0.331 e. The molecule has 0 atom stereocenters. The van der Waals surface area contributed by atoms with E-state index in [1.165, 1.54) is 18.2 Å². The highest BCUT2D eigenvalue weighted by molar-refractivity contribution is 6.04. The number of nitro groups is 1. The van der Waals surface area contributed by atoms with Gasteiger partial charge in [-0.1, -0.05) is 18.2 Å². The number of nitro benzene ring substituents is 1. The predicted octanol–water partition coefficient (Wildman–Crippen LogP) is 3.40. The molecule has 0 saturated carbocycles. The lowest BCUT2D eigenvalue weighted by molar-refractivity contribution is -0.384. The fourth-order valence-corrected chi connectivity index (χ4v) is 2.43. The third kappa shape index (κ3) is 3.89. The first-order valence-electron chi connectivity index (χ1n) is 7.65. The Morgan fingerprint density at radius 1 is 1.24 bits per heavy atom. The monoisotopic (exact) mass is 336 g/mol. The van der Waals surface area contributed by atoms with E-state index in [-0.39, 0.29) is 11.6 Å². The van der Waals surface area contributed by atoms with Gasteiger partial charge in [-0.05, 0) is 30.7 Å². The summed E-state index contributed by atoms with van der Waals surface area (Å²) in [5.41, 5.74) is 1.85. The van der Waals surface area contributed by atoms with Gasteiger partial charge in [0.1, 0.15) is 5.82 Å². The quantitative estimate of drug-likeness (QED) is 0.571. The molecule has 7 heteroatoms. The zero-order chi connectivity index (χ0) is 17.8. The number of nitrogens with zero attached hydrogens (tertiary/aromatic N) is 3. The van der Waals surface area contributed by atoms with Gasteiger partial charge in [0, 0.05) is 42.3 Å². The van der Waals surface area contributed by atoms with Crippen LogP contribution < -0.4 is 5.32 Å². The van der Waals surface area contributed by atoms with Crippen LogP contribution in [0.2, 0.25) is 0 Å². The van der Waals surface area contributed by atoms with Crippen molar-refractivity contribution in [3.05, 3.63) is 88.0 Å². The van der Waals surface area contributed by atoms with Gasteiger partial charge < -0.3 is 9.88 Å². The molecule has 0 aliphatic carbocycles. The van der Waals surface area contributed by atoms with E-state index < -0.39 is 4.92 Å². The van der Waals surface area contributed by atoms with E-state index in [1.807, 2.05) is 29.8 Å². The first-order valence-corrected chi connectivity index (χ1v) is 7.65. The van der Waals surface area contributed by atoms with Crippen LogP contribution in [0.1, 0.15) is 21.7 Å². The molecule has 7 nitrogen and oxygen atoms in total. The molecule has 1 amide bonds. The number of aromatic nitrogens is 2. The van der Waals surface area contributed by atoms with E-state index in [0.717, 1.165) is 11.4 Å². The molecule has 3 rings (SSSR count). The van der Waals surface area contributed by atoms with Crippen molar-refractivity contribution in [3.8, 4) is 0 Å². The van der Waals surface area contributed by atoms with Crippen LogP contribution in [-0.4, -0.2) is 20.4 Å². The maximum atomic E-state index is 12.3. The van der Waals surface area contributed by atoms with Crippen LogP contribution in [-0.2, 0) is 6.54 Å². The summed E-state index contributed by atoms with van der Waals surface area (Å²) >= 11 is 0. The van der Waals surface area contributed by atoms with Crippen LogP contribution >= 0.6 is 0 Å². The molecule has 25 heavy (non-hydrogen) atoms. The second-order valence-electron chi connectivity index (χ2n) is 5.56. The fourth-order valence-electron chi connectivity index (χ4n) is 2.43. The van der Waals surface area contributed by atoms with E-state index in [0.29, 0.717) is 17.8 Å². The second-order valence-corrected chi connectivity index (χ2v) is 5.56. The number of hydrogen-bond acceptors (Lipinski definition) is 4. The number of nitrogens with one attached hydrogen (secondary N) is 1. The smallest absolute Gasteiger partial charge is 0.271 e. The van der Waals surface area contributed by atoms with Gasteiger partial charge in [-0.25, -0.2) is 4.98 Å². The van der Waals surface area contributed by atoms with Crippen LogP contribution in [0, 0.1) is 17.0 Å². The van der Waals surface area contributed by atoms with Gasteiger partial charge in [-0.15, -0.1) is 0 Å². The third-order valence-electron chi connectivity index (χ3n) is 3.81. The lowest BCUT2D eigenvalue weighted by Gasteiger charge is -2.08. The normalized spacial score (nSPS) is 10.4. The molecule has 0 radical (unpaired) electrons. The molecule has 0 bridgehead atoms. The number of benzene rings is 2. The van der Waals surface area contributed by atoms with Crippen LogP contribution in [0.3, 0.4) is 0 Å². The number of rotatable bonds is 5. The third-order valence-corrected chi connectivity index (χ3v) is 3.81. The molecule has 1 N–H and O–H groups in total. The van der Waals surface area contributed by atoms with Gasteiger partial charge in [0.15, 0.2) is 0 Å². The van der Waals surface area contributed by atoms with Gasteiger partial charge in [0.25, 0.3) is 11.6 Å². The van der Waals surface area contributed by atoms with E-state index in [9.17, 15) is 14.9 Å². The predicted molar refractivity (Wildman–Crippen MR) is 93.6 cm³/mol. The molecular weight excluding hydrogens is 320 g/mol. The Balaban J connectivity index is 1.69. The van der Waals surface area contributed by atoms with Gasteiger partial charge in [-0.3, -0.25) is 14.9 Å². The van der Waals surface area contributed by atoms with Gasteiger partial charge in [0.2, 0.25) is 0 Å². The molecule has 2 aromatic carbocycles. The van der Waals surface area contributed by atoms with E-state index in [1.54, 1.807) is 24.4 Å². The summed E-state index contributed by atoms with van der Waals surface area (Å²) in [5.74, 6) is 0.610. The maximum Gasteiger partial charge on any atom is 0.271 e. The molecule has 0 fully saturated rings. The average Bonchev–Trinajstić information content (AvgIpc) is 3.00. The number of non-ortho nitro benzene ring substituents is 1. The van der Waals surface area contributed by atoms with E-state index in [2.05, 4.69) is 10.3 Å². The minimum Gasteiger partial charge on any atom is -0.331 e. The Morgan fingerprint density at radius 2 is 2.00 bits per heavy atom. The molecule has 1 heterocycles. The lowest BCUT2D eigenvalue weighted by atomic mass is 10.1. The summed E-state index contributed by atoms with van der Waals surface area (Å²) in [4.78, 5) is 26.7. The Labute approximate surface area is 144 Å². The first-order chi connectivity index (χ1) is 12.0. The van der Waals surface area contributed by atoms with Crippen molar-refractivity contribution in [2.45, 2.75) is 13.5 Å². The maximum absolute atomic E-state index is 12.3. The topological polar surface area (TPSA) is 90.1 Å². The highest BCUT2D eigenvalue weighted by Gasteiger charge is 2.10. The number of anilines is 1. The van der Waals surface area contributed by atoms with Crippen molar-refractivity contribution >= 4 is 17.3 Å². The Kier molecular flexibility index (Phi) is 4.56. The molecule has 126 valence electrons. The summed E-state index contributed by atoms with van der Waals surface area (Å²) in [6.45, 7) is 2.61. The molecule has 1 aromatic heterocycles. The van der Waals surface area contributed by atoms with E-state index in [4.69, 9.17) is 0 Å². The van der Waals surface area contributed by atoms with E-state index >= 15 is 0 Å². The molecule has 0 spiro atoms. The van der Waals surface area contributed by atoms with Crippen LogP contribution in [0.4, 0.5) is 11.4 Å². The Morgan fingerprint density at radius 3 is 2.64 bits per heavy atom. The minimum atomic E-state index is -0.497. The SMILES string of the molecule is Cc1nccn1Cc1ccc(C(=O)Nc2cccc([N+](=O)[O-])c2)cc1. The Bertz CT molecular complexity index is 916. The van der Waals surface area contributed by atoms with Crippen molar-refractivity contribution < 1.29 is 9.72 Å². The second kappa shape index (κ2) is 6.96. The zero-order valence-electron chi connectivity index (χ0n) is 13.5. The molecule has 3 aromatic rings. The average molecular weight is 336 g/mol. The number of hydrogen-bond donors (Lipinski definition) is 1. The summed E-state index contributed by atoms with van der Waals surface area (Å²) in [5, 5.41) is 13.5. The first kappa shape index (κ1) is 16.4. The number of amides is 1. The lowest BCUT2D eigenvalue weighted by Crippen LogP contribution is -2.12. The highest BCUT2D eigenvalue weighted by atomic mass is 16.6. The highest BCUT2D eigenvalue weighted by Crippen LogP contribution is 2.18. The number of carbonyl (C=O) groups is 1.